The monoisotopic (exact) mass is 814 g/mol. The van der Waals surface area contributed by atoms with Gasteiger partial charge in [0.1, 0.15) is 35.7 Å². The van der Waals surface area contributed by atoms with Crippen molar-refractivity contribution in [2.45, 2.75) is 89.1 Å². The molecule has 1 heterocycles. The Morgan fingerprint density at radius 1 is 0.644 bits per heavy atom. The van der Waals surface area contributed by atoms with E-state index >= 15 is 0 Å². The van der Waals surface area contributed by atoms with Crippen LogP contribution in [0.3, 0.4) is 0 Å². The Balaban J connectivity index is 1.41. The molecule has 17 heteroatoms. The molecule has 4 rings (SSSR count). The third-order valence-corrected chi connectivity index (χ3v) is 9.54. The van der Waals surface area contributed by atoms with E-state index < -0.39 is 72.2 Å². The second-order valence-electron chi connectivity index (χ2n) is 14.8. The minimum absolute atomic E-state index is 0.00395. The quantitative estimate of drug-likeness (QED) is 0.0762. The van der Waals surface area contributed by atoms with Crippen LogP contribution < -0.4 is 37.6 Å². The van der Waals surface area contributed by atoms with Gasteiger partial charge in [0.05, 0.1) is 19.1 Å². The van der Waals surface area contributed by atoms with Gasteiger partial charge in [-0.1, -0.05) is 54.6 Å². The molecule has 0 spiro atoms. The number of hydrogen-bond donors (Lipinski definition) is 9. The first-order valence-corrected chi connectivity index (χ1v) is 19.5. The molecule has 1 aliphatic rings. The number of aromatic hydroxyl groups is 2. The Labute approximate surface area is 342 Å². The SMILES string of the molecule is CC(C)NC(=O)CNC(=O)[C@@H]1CCCN1C(=O)[C@H](Cc1ccc(O)cc1)NC(=O)CNC(=O)[C@H](Cc1ccccc1)NC(=O)[C@@H](C)NC(=O)[C@@H](N)Cc1ccc(O)cc1. The van der Waals surface area contributed by atoms with Crippen LogP contribution >= 0.6 is 0 Å². The zero-order valence-corrected chi connectivity index (χ0v) is 33.4. The van der Waals surface area contributed by atoms with Crippen LogP contribution in [-0.4, -0.2) is 112 Å². The summed E-state index contributed by atoms with van der Waals surface area (Å²) in [6, 6.07) is 15.7. The molecule has 0 radical (unpaired) electrons. The molecule has 1 saturated heterocycles. The number of hydrogen-bond acceptors (Lipinski definition) is 10. The van der Waals surface area contributed by atoms with Crippen molar-refractivity contribution < 1.29 is 43.8 Å². The first-order chi connectivity index (χ1) is 28.1. The number of amides is 7. The molecule has 0 bridgehead atoms. The highest BCUT2D eigenvalue weighted by atomic mass is 16.3. The first-order valence-electron chi connectivity index (χ1n) is 19.5. The van der Waals surface area contributed by atoms with E-state index in [2.05, 4.69) is 31.9 Å². The number of nitrogens with zero attached hydrogens (tertiary/aromatic N) is 1. The van der Waals surface area contributed by atoms with Crippen molar-refractivity contribution in [3.05, 3.63) is 95.6 Å². The minimum Gasteiger partial charge on any atom is -0.508 e. The van der Waals surface area contributed by atoms with Gasteiger partial charge in [0.15, 0.2) is 0 Å². The predicted octanol–water partition coefficient (Wildman–Crippen LogP) is -0.325. The van der Waals surface area contributed by atoms with Crippen molar-refractivity contribution in [2.24, 2.45) is 5.73 Å². The predicted molar refractivity (Wildman–Crippen MR) is 217 cm³/mol. The molecule has 59 heavy (non-hydrogen) atoms. The van der Waals surface area contributed by atoms with E-state index in [0.29, 0.717) is 29.5 Å². The molecule has 7 amide bonds. The van der Waals surface area contributed by atoms with E-state index in [9.17, 15) is 43.8 Å². The van der Waals surface area contributed by atoms with Gasteiger partial charge in [0.2, 0.25) is 41.4 Å². The fourth-order valence-corrected chi connectivity index (χ4v) is 6.49. The number of nitrogens with one attached hydrogen (secondary N) is 6. The molecular weight excluding hydrogens is 761 g/mol. The first kappa shape index (κ1) is 45.2. The van der Waals surface area contributed by atoms with E-state index in [4.69, 9.17) is 5.73 Å². The molecule has 0 saturated carbocycles. The number of nitrogens with two attached hydrogens (primary N) is 1. The Morgan fingerprint density at radius 2 is 1.19 bits per heavy atom. The summed E-state index contributed by atoms with van der Waals surface area (Å²) >= 11 is 0. The summed E-state index contributed by atoms with van der Waals surface area (Å²) in [6.07, 6.45) is 1.05. The molecule has 0 aromatic heterocycles. The maximum absolute atomic E-state index is 14.0. The molecule has 3 aromatic rings. The summed E-state index contributed by atoms with van der Waals surface area (Å²) in [5.74, 6) is -4.08. The van der Waals surface area contributed by atoms with E-state index in [0.717, 1.165) is 0 Å². The van der Waals surface area contributed by atoms with Gasteiger partial charge in [0, 0.05) is 25.4 Å². The average Bonchev–Trinajstić information content (AvgIpc) is 3.70. The third kappa shape index (κ3) is 14.4. The molecule has 10 N–H and O–H groups in total. The van der Waals surface area contributed by atoms with Gasteiger partial charge < -0.3 is 52.7 Å². The van der Waals surface area contributed by atoms with Crippen molar-refractivity contribution in [1.29, 1.82) is 0 Å². The maximum atomic E-state index is 14.0. The molecular formula is C42H54N8O9. The number of likely N-dealkylation sites (tertiary alicyclic amines) is 1. The highest BCUT2D eigenvalue weighted by molar-refractivity contribution is 5.96. The van der Waals surface area contributed by atoms with Crippen molar-refractivity contribution >= 4 is 41.4 Å². The Morgan fingerprint density at radius 3 is 1.80 bits per heavy atom. The third-order valence-electron chi connectivity index (χ3n) is 9.54. The number of phenols is 2. The van der Waals surface area contributed by atoms with E-state index in [1.807, 2.05) is 0 Å². The zero-order valence-electron chi connectivity index (χ0n) is 33.4. The lowest BCUT2D eigenvalue weighted by atomic mass is 10.0. The van der Waals surface area contributed by atoms with Gasteiger partial charge in [-0.3, -0.25) is 33.6 Å². The molecule has 3 aromatic carbocycles. The van der Waals surface area contributed by atoms with E-state index in [-0.39, 0.29) is 55.8 Å². The summed E-state index contributed by atoms with van der Waals surface area (Å²) in [5, 5.41) is 35.0. The number of phenolic OH excluding ortho intramolecular Hbond substituents is 2. The molecule has 17 nitrogen and oxygen atoms in total. The summed E-state index contributed by atoms with van der Waals surface area (Å²) < 4.78 is 0. The standard InChI is InChI=1S/C42H54N8O9/c1-25(2)46-36(53)23-45-41(58)35-10-7-19-50(35)42(59)34(22-29-13-17-31(52)18-14-29)48-37(54)24-44-40(57)33(21-27-8-5-4-6-9-27)49-38(55)26(3)47-39(56)32(43)20-28-11-15-30(51)16-12-28/h4-6,8-9,11-18,25-26,32-35,51-52H,7,10,19-24,43H2,1-3H3,(H,44,57)(H,45,58)(H,46,53)(H,47,56)(H,48,54)(H,49,55)/t26-,32+,33+,34+,35+/m1/s1. The second kappa shape index (κ2) is 21.9. The van der Waals surface area contributed by atoms with Crippen LogP contribution in [0.5, 0.6) is 11.5 Å². The van der Waals surface area contributed by atoms with E-state index in [1.54, 1.807) is 68.4 Å². The van der Waals surface area contributed by atoms with Crippen LogP contribution in [0.1, 0.15) is 50.3 Å². The van der Waals surface area contributed by atoms with Gasteiger partial charge in [-0.15, -0.1) is 0 Å². The Kier molecular flexibility index (Phi) is 16.8. The molecule has 5 atom stereocenters. The van der Waals surface area contributed by atoms with Crippen molar-refractivity contribution in [1.82, 2.24) is 36.8 Å². The second-order valence-corrected chi connectivity index (χ2v) is 14.8. The fraction of sp³-hybridized carbons (Fsp3) is 0.405. The number of carbonyl (C=O) groups is 7. The van der Waals surface area contributed by atoms with Gasteiger partial charge >= 0.3 is 0 Å². The van der Waals surface area contributed by atoms with Crippen molar-refractivity contribution in [2.75, 3.05) is 19.6 Å². The van der Waals surface area contributed by atoms with Crippen LogP contribution in [0.4, 0.5) is 0 Å². The maximum Gasteiger partial charge on any atom is 0.246 e. The molecule has 0 unspecified atom stereocenters. The van der Waals surface area contributed by atoms with Gasteiger partial charge in [-0.05, 0) is 81.0 Å². The highest BCUT2D eigenvalue weighted by Gasteiger charge is 2.38. The lowest BCUT2D eigenvalue weighted by molar-refractivity contribution is -0.141. The van der Waals surface area contributed by atoms with Gasteiger partial charge in [0.25, 0.3) is 0 Å². The number of rotatable bonds is 19. The normalized spacial score (nSPS) is 15.5. The minimum atomic E-state index is -1.18. The van der Waals surface area contributed by atoms with Gasteiger partial charge in [-0.2, -0.15) is 0 Å². The highest BCUT2D eigenvalue weighted by Crippen LogP contribution is 2.20. The zero-order chi connectivity index (χ0) is 43.1. The number of carbonyl (C=O) groups excluding carboxylic acids is 7. The molecule has 0 aliphatic carbocycles. The average molecular weight is 815 g/mol. The largest absolute Gasteiger partial charge is 0.508 e. The number of benzene rings is 3. The van der Waals surface area contributed by atoms with Crippen LogP contribution in [0.25, 0.3) is 0 Å². The summed E-state index contributed by atoms with van der Waals surface area (Å²) in [5.41, 5.74) is 8.08. The van der Waals surface area contributed by atoms with Gasteiger partial charge in [-0.25, -0.2) is 0 Å². The fourth-order valence-electron chi connectivity index (χ4n) is 6.49. The smallest absolute Gasteiger partial charge is 0.246 e. The lowest BCUT2D eigenvalue weighted by Gasteiger charge is -2.29. The van der Waals surface area contributed by atoms with Crippen LogP contribution in [-0.2, 0) is 52.8 Å². The topological polar surface area (TPSA) is 261 Å². The molecule has 316 valence electrons. The van der Waals surface area contributed by atoms with Crippen LogP contribution in [0.2, 0.25) is 0 Å². The van der Waals surface area contributed by atoms with Crippen LogP contribution in [0.15, 0.2) is 78.9 Å². The van der Waals surface area contributed by atoms with Crippen molar-refractivity contribution in [3.63, 3.8) is 0 Å². The van der Waals surface area contributed by atoms with E-state index in [1.165, 1.54) is 36.1 Å². The summed E-state index contributed by atoms with van der Waals surface area (Å²) in [6.45, 7) is 4.41. The summed E-state index contributed by atoms with van der Waals surface area (Å²) in [7, 11) is 0. The summed E-state index contributed by atoms with van der Waals surface area (Å²) in [4.78, 5) is 93.9. The Bertz CT molecular complexity index is 1930. The lowest BCUT2D eigenvalue weighted by Crippen LogP contribution is -2.57. The Hall–Kier alpha value is -6.49. The molecule has 1 fully saturated rings. The molecule has 1 aliphatic heterocycles. The van der Waals surface area contributed by atoms with Crippen molar-refractivity contribution in [3.8, 4) is 11.5 Å². The van der Waals surface area contributed by atoms with Crippen LogP contribution in [0, 0.1) is 0 Å².